The SMILES string of the molecule is CN(Cc1ccncc1)C1CCC(ON)CC1. The molecule has 4 nitrogen and oxygen atoms in total. The molecule has 1 heterocycles. The molecular weight excluding hydrogens is 214 g/mol. The van der Waals surface area contributed by atoms with Crippen molar-refractivity contribution in [1.82, 2.24) is 9.88 Å². The molecular formula is C13H21N3O. The normalized spacial score (nSPS) is 25.1. The highest BCUT2D eigenvalue weighted by molar-refractivity contribution is 5.09. The summed E-state index contributed by atoms with van der Waals surface area (Å²) in [4.78, 5) is 11.4. The predicted molar refractivity (Wildman–Crippen MR) is 67.0 cm³/mol. The standard InChI is InChI=1S/C13H21N3O/c1-16(10-11-6-8-15-9-7-11)12-2-4-13(17-14)5-3-12/h6-9,12-13H,2-5,10,14H2,1H3. The molecule has 0 aliphatic heterocycles. The van der Waals surface area contributed by atoms with Crippen molar-refractivity contribution in [3.8, 4) is 0 Å². The lowest BCUT2D eigenvalue weighted by atomic mass is 9.92. The van der Waals surface area contributed by atoms with Crippen molar-refractivity contribution in [2.24, 2.45) is 5.90 Å². The van der Waals surface area contributed by atoms with Gasteiger partial charge in [-0.1, -0.05) is 0 Å². The van der Waals surface area contributed by atoms with Crippen LogP contribution in [0, 0.1) is 0 Å². The van der Waals surface area contributed by atoms with E-state index < -0.39 is 0 Å². The zero-order chi connectivity index (χ0) is 12.1. The fourth-order valence-electron chi connectivity index (χ4n) is 2.53. The molecule has 0 unspecified atom stereocenters. The monoisotopic (exact) mass is 235 g/mol. The Morgan fingerprint density at radius 1 is 1.29 bits per heavy atom. The zero-order valence-corrected chi connectivity index (χ0v) is 10.4. The third-order valence-corrected chi connectivity index (χ3v) is 3.64. The fraction of sp³-hybridized carbons (Fsp3) is 0.615. The maximum atomic E-state index is 5.23. The van der Waals surface area contributed by atoms with Crippen LogP contribution in [-0.4, -0.2) is 29.1 Å². The van der Waals surface area contributed by atoms with Crippen molar-refractivity contribution >= 4 is 0 Å². The summed E-state index contributed by atoms with van der Waals surface area (Å²) in [5.41, 5.74) is 1.32. The molecule has 2 rings (SSSR count). The minimum atomic E-state index is 0.264. The minimum absolute atomic E-state index is 0.264. The van der Waals surface area contributed by atoms with Crippen molar-refractivity contribution in [2.75, 3.05) is 7.05 Å². The third kappa shape index (κ3) is 3.49. The lowest BCUT2D eigenvalue weighted by Gasteiger charge is -2.33. The lowest BCUT2D eigenvalue weighted by Crippen LogP contribution is -2.37. The van der Waals surface area contributed by atoms with Gasteiger partial charge in [0, 0.05) is 25.0 Å². The predicted octanol–water partition coefficient (Wildman–Crippen LogP) is 1.71. The van der Waals surface area contributed by atoms with E-state index in [-0.39, 0.29) is 6.10 Å². The number of hydrogen-bond acceptors (Lipinski definition) is 4. The number of hydrogen-bond donors (Lipinski definition) is 1. The van der Waals surface area contributed by atoms with Gasteiger partial charge in [0.05, 0.1) is 6.10 Å². The Bertz CT molecular complexity index is 323. The third-order valence-electron chi connectivity index (χ3n) is 3.64. The zero-order valence-electron chi connectivity index (χ0n) is 10.4. The van der Waals surface area contributed by atoms with E-state index in [4.69, 9.17) is 10.7 Å². The van der Waals surface area contributed by atoms with Crippen LogP contribution in [0.15, 0.2) is 24.5 Å². The molecule has 4 heteroatoms. The van der Waals surface area contributed by atoms with Crippen LogP contribution in [-0.2, 0) is 11.4 Å². The van der Waals surface area contributed by atoms with Crippen LogP contribution in [0.1, 0.15) is 31.2 Å². The maximum Gasteiger partial charge on any atom is 0.0788 e. The quantitative estimate of drug-likeness (QED) is 0.807. The van der Waals surface area contributed by atoms with Crippen LogP contribution in [0.4, 0.5) is 0 Å². The molecule has 2 N–H and O–H groups in total. The molecule has 0 saturated heterocycles. The molecule has 0 atom stereocenters. The first-order valence-corrected chi connectivity index (χ1v) is 6.24. The Kier molecular flexibility index (Phi) is 4.48. The van der Waals surface area contributed by atoms with Gasteiger partial charge in [-0.2, -0.15) is 0 Å². The second kappa shape index (κ2) is 6.10. The van der Waals surface area contributed by atoms with Crippen LogP contribution >= 0.6 is 0 Å². The van der Waals surface area contributed by atoms with Crippen LogP contribution in [0.5, 0.6) is 0 Å². The largest absolute Gasteiger partial charge is 0.301 e. The molecule has 1 aromatic rings. The second-order valence-electron chi connectivity index (χ2n) is 4.84. The Morgan fingerprint density at radius 2 is 1.94 bits per heavy atom. The highest BCUT2D eigenvalue weighted by Gasteiger charge is 2.23. The Morgan fingerprint density at radius 3 is 2.53 bits per heavy atom. The average molecular weight is 235 g/mol. The van der Waals surface area contributed by atoms with Crippen LogP contribution in [0.2, 0.25) is 0 Å². The van der Waals surface area contributed by atoms with Crippen LogP contribution in [0.25, 0.3) is 0 Å². The van der Waals surface area contributed by atoms with E-state index in [1.807, 2.05) is 12.4 Å². The topological polar surface area (TPSA) is 51.4 Å². The number of nitrogens with zero attached hydrogens (tertiary/aromatic N) is 2. The summed E-state index contributed by atoms with van der Waals surface area (Å²) in [7, 11) is 2.19. The van der Waals surface area contributed by atoms with Gasteiger partial charge < -0.3 is 4.84 Å². The molecule has 0 radical (unpaired) electrons. The van der Waals surface area contributed by atoms with Crippen molar-refractivity contribution in [3.05, 3.63) is 30.1 Å². The van der Waals surface area contributed by atoms with Gasteiger partial charge in [0.15, 0.2) is 0 Å². The van der Waals surface area contributed by atoms with E-state index in [1.165, 1.54) is 18.4 Å². The Hall–Kier alpha value is -0.970. The molecule has 1 saturated carbocycles. The van der Waals surface area contributed by atoms with Crippen molar-refractivity contribution in [3.63, 3.8) is 0 Å². The van der Waals surface area contributed by atoms with Gasteiger partial charge in [-0.25, -0.2) is 5.90 Å². The molecule has 1 aliphatic carbocycles. The lowest BCUT2D eigenvalue weighted by molar-refractivity contribution is 0.00872. The molecule has 1 aromatic heterocycles. The van der Waals surface area contributed by atoms with Gasteiger partial charge in [0.2, 0.25) is 0 Å². The first-order chi connectivity index (χ1) is 8.29. The van der Waals surface area contributed by atoms with E-state index in [0.29, 0.717) is 6.04 Å². The summed E-state index contributed by atoms with van der Waals surface area (Å²) in [6, 6.07) is 4.80. The maximum absolute atomic E-state index is 5.23. The summed E-state index contributed by atoms with van der Waals surface area (Å²) in [5, 5.41) is 0. The van der Waals surface area contributed by atoms with Crippen LogP contribution < -0.4 is 5.90 Å². The summed E-state index contributed by atoms with van der Waals surface area (Å²) in [6.07, 6.45) is 8.45. The summed E-state index contributed by atoms with van der Waals surface area (Å²) in [5.74, 6) is 5.23. The van der Waals surface area contributed by atoms with Crippen molar-refractivity contribution < 1.29 is 4.84 Å². The van der Waals surface area contributed by atoms with Crippen molar-refractivity contribution in [1.29, 1.82) is 0 Å². The van der Waals surface area contributed by atoms with Gasteiger partial charge in [0.25, 0.3) is 0 Å². The number of rotatable bonds is 4. The van der Waals surface area contributed by atoms with E-state index in [9.17, 15) is 0 Å². The Labute approximate surface area is 103 Å². The molecule has 0 spiro atoms. The first kappa shape index (κ1) is 12.5. The summed E-state index contributed by atoms with van der Waals surface area (Å²) in [6.45, 7) is 0.987. The molecule has 17 heavy (non-hydrogen) atoms. The Balaban J connectivity index is 1.83. The summed E-state index contributed by atoms with van der Waals surface area (Å²) >= 11 is 0. The molecule has 94 valence electrons. The van der Waals surface area contributed by atoms with Gasteiger partial charge in [-0.05, 0) is 50.4 Å². The molecule has 1 aliphatic rings. The van der Waals surface area contributed by atoms with E-state index in [2.05, 4.69) is 29.1 Å². The molecule has 0 bridgehead atoms. The minimum Gasteiger partial charge on any atom is -0.301 e. The highest BCUT2D eigenvalue weighted by atomic mass is 16.6. The van der Waals surface area contributed by atoms with Gasteiger partial charge in [0.1, 0.15) is 0 Å². The van der Waals surface area contributed by atoms with E-state index in [0.717, 1.165) is 19.4 Å². The van der Waals surface area contributed by atoms with Gasteiger partial charge in [-0.3, -0.25) is 9.88 Å². The number of aromatic nitrogens is 1. The molecule has 0 amide bonds. The van der Waals surface area contributed by atoms with Gasteiger partial charge in [-0.15, -0.1) is 0 Å². The van der Waals surface area contributed by atoms with Gasteiger partial charge >= 0.3 is 0 Å². The molecule has 0 aromatic carbocycles. The second-order valence-corrected chi connectivity index (χ2v) is 4.84. The number of nitrogens with two attached hydrogens (primary N) is 1. The van der Waals surface area contributed by atoms with Crippen molar-refractivity contribution in [2.45, 2.75) is 44.4 Å². The fourth-order valence-corrected chi connectivity index (χ4v) is 2.53. The summed E-state index contributed by atoms with van der Waals surface area (Å²) < 4.78 is 0. The number of pyridine rings is 1. The van der Waals surface area contributed by atoms with Crippen LogP contribution in [0.3, 0.4) is 0 Å². The first-order valence-electron chi connectivity index (χ1n) is 6.24. The average Bonchev–Trinajstić information content (AvgIpc) is 2.40. The molecule has 1 fully saturated rings. The highest BCUT2D eigenvalue weighted by Crippen LogP contribution is 2.24. The van der Waals surface area contributed by atoms with E-state index in [1.54, 1.807) is 0 Å². The smallest absolute Gasteiger partial charge is 0.0788 e. The van der Waals surface area contributed by atoms with E-state index >= 15 is 0 Å².